The van der Waals surface area contributed by atoms with Crippen LogP contribution in [0.2, 0.25) is 0 Å². The Balaban J connectivity index is 1.48. The van der Waals surface area contributed by atoms with Crippen LogP contribution >= 0.6 is 0 Å². The molecule has 27 heavy (non-hydrogen) atoms. The quantitative estimate of drug-likeness (QED) is 0.813. The molecular weight excluding hydrogens is 340 g/mol. The second-order valence-electron chi connectivity index (χ2n) is 8.85. The Morgan fingerprint density at radius 1 is 1.22 bits per heavy atom. The third-order valence-corrected chi connectivity index (χ3v) is 6.87. The maximum Gasteiger partial charge on any atom is 0.253 e. The van der Waals surface area contributed by atoms with Gasteiger partial charge in [-0.05, 0) is 30.9 Å². The lowest BCUT2D eigenvalue weighted by molar-refractivity contribution is -0.133. The molecule has 3 fully saturated rings. The maximum atomic E-state index is 12.9. The van der Waals surface area contributed by atoms with E-state index in [0.717, 1.165) is 32.5 Å². The molecule has 6 heteroatoms. The summed E-state index contributed by atoms with van der Waals surface area (Å²) >= 11 is 0. The van der Waals surface area contributed by atoms with E-state index in [1.807, 2.05) is 16.8 Å². The van der Waals surface area contributed by atoms with Crippen molar-refractivity contribution in [1.29, 1.82) is 0 Å². The topological polar surface area (TPSA) is 56.8 Å². The molecule has 1 aromatic rings. The van der Waals surface area contributed by atoms with Crippen LogP contribution in [0, 0.1) is 17.8 Å². The van der Waals surface area contributed by atoms with Gasteiger partial charge in [-0.15, -0.1) is 0 Å². The van der Waals surface area contributed by atoms with Gasteiger partial charge >= 0.3 is 0 Å². The van der Waals surface area contributed by atoms with Gasteiger partial charge in [0.25, 0.3) is 5.91 Å². The standard InChI is InChI=1S/C21H30N4O2/c1-15(2)12-24-13-17-18(14-24)21(23(3)20(17)27)6-10-25(11-7-21)19(26)16-4-8-22-9-5-16/h4-5,8-9,15,17-18H,6-7,10-14H2,1-3H3/t17-,18+/m0/s1. The molecule has 0 N–H and O–H groups in total. The normalized spacial score (nSPS) is 27.6. The van der Waals surface area contributed by atoms with Crippen LogP contribution in [0.15, 0.2) is 24.5 Å². The van der Waals surface area contributed by atoms with Crippen molar-refractivity contribution in [2.45, 2.75) is 32.2 Å². The van der Waals surface area contributed by atoms with E-state index in [1.54, 1.807) is 24.5 Å². The molecule has 0 aliphatic carbocycles. The number of hydrogen-bond donors (Lipinski definition) is 0. The van der Waals surface area contributed by atoms with E-state index in [2.05, 4.69) is 23.7 Å². The van der Waals surface area contributed by atoms with Crippen molar-refractivity contribution < 1.29 is 9.59 Å². The maximum absolute atomic E-state index is 12.9. The zero-order valence-electron chi connectivity index (χ0n) is 16.6. The highest BCUT2D eigenvalue weighted by Crippen LogP contribution is 2.49. The zero-order chi connectivity index (χ0) is 19.2. The highest BCUT2D eigenvalue weighted by Gasteiger charge is 2.60. The summed E-state index contributed by atoms with van der Waals surface area (Å²) in [5.74, 6) is 1.53. The summed E-state index contributed by atoms with van der Waals surface area (Å²) in [6.45, 7) is 8.87. The van der Waals surface area contributed by atoms with Crippen LogP contribution in [0.25, 0.3) is 0 Å². The molecule has 3 saturated heterocycles. The molecule has 2 amide bonds. The number of nitrogens with zero attached hydrogens (tertiary/aromatic N) is 4. The molecule has 0 unspecified atom stereocenters. The minimum absolute atomic E-state index is 0.0728. The van der Waals surface area contributed by atoms with Crippen molar-refractivity contribution in [1.82, 2.24) is 19.7 Å². The summed E-state index contributed by atoms with van der Waals surface area (Å²) in [4.78, 5) is 36.1. The summed E-state index contributed by atoms with van der Waals surface area (Å²) < 4.78 is 0. The molecule has 6 nitrogen and oxygen atoms in total. The fraction of sp³-hybridized carbons (Fsp3) is 0.667. The van der Waals surface area contributed by atoms with Crippen LogP contribution in [-0.2, 0) is 4.79 Å². The van der Waals surface area contributed by atoms with Crippen LogP contribution in [0.3, 0.4) is 0 Å². The first-order valence-corrected chi connectivity index (χ1v) is 10.1. The van der Waals surface area contributed by atoms with Crippen molar-refractivity contribution in [2.75, 3.05) is 39.8 Å². The van der Waals surface area contributed by atoms with Crippen molar-refractivity contribution in [3.63, 3.8) is 0 Å². The number of aromatic nitrogens is 1. The van der Waals surface area contributed by atoms with E-state index < -0.39 is 0 Å². The Hall–Kier alpha value is -1.95. The Morgan fingerprint density at radius 3 is 2.52 bits per heavy atom. The van der Waals surface area contributed by atoms with Crippen molar-refractivity contribution in [2.24, 2.45) is 17.8 Å². The van der Waals surface area contributed by atoms with Crippen LogP contribution in [0.1, 0.15) is 37.0 Å². The highest BCUT2D eigenvalue weighted by atomic mass is 16.2. The molecule has 4 heterocycles. The van der Waals surface area contributed by atoms with Gasteiger partial charge in [-0.3, -0.25) is 14.6 Å². The summed E-state index contributed by atoms with van der Waals surface area (Å²) in [5.41, 5.74) is 0.612. The molecule has 0 aromatic carbocycles. The average Bonchev–Trinajstić information content (AvgIpc) is 3.16. The van der Waals surface area contributed by atoms with Crippen molar-refractivity contribution >= 4 is 11.8 Å². The molecule has 3 aliphatic heterocycles. The number of rotatable bonds is 3. The van der Waals surface area contributed by atoms with E-state index in [-0.39, 0.29) is 17.4 Å². The number of hydrogen-bond acceptors (Lipinski definition) is 4. The minimum Gasteiger partial charge on any atom is -0.339 e. The number of carbonyl (C=O) groups excluding carboxylic acids is 2. The van der Waals surface area contributed by atoms with E-state index in [9.17, 15) is 9.59 Å². The minimum atomic E-state index is -0.0809. The fourth-order valence-corrected chi connectivity index (χ4v) is 5.54. The number of carbonyl (C=O) groups is 2. The van der Waals surface area contributed by atoms with E-state index in [0.29, 0.717) is 36.4 Å². The monoisotopic (exact) mass is 370 g/mol. The Kier molecular flexibility index (Phi) is 4.70. The smallest absolute Gasteiger partial charge is 0.253 e. The molecule has 146 valence electrons. The second-order valence-corrected chi connectivity index (χ2v) is 8.85. The van der Waals surface area contributed by atoms with Crippen molar-refractivity contribution in [3.05, 3.63) is 30.1 Å². The fourth-order valence-electron chi connectivity index (χ4n) is 5.54. The molecule has 2 atom stereocenters. The third kappa shape index (κ3) is 3.04. The summed E-state index contributed by atoms with van der Waals surface area (Å²) in [6, 6.07) is 3.55. The second kappa shape index (κ2) is 6.89. The van der Waals surface area contributed by atoms with Gasteiger partial charge in [0, 0.05) is 63.6 Å². The summed E-state index contributed by atoms with van der Waals surface area (Å²) in [6.07, 6.45) is 5.08. The van der Waals surface area contributed by atoms with Crippen LogP contribution in [0.5, 0.6) is 0 Å². The van der Waals surface area contributed by atoms with E-state index in [4.69, 9.17) is 0 Å². The lowest BCUT2D eigenvalue weighted by Gasteiger charge is -2.46. The first-order chi connectivity index (χ1) is 12.9. The third-order valence-electron chi connectivity index (χ3n) is 6.87. The number of piperidine rings is 1. The van der Waals surface area contributed by atoms with Gasteiger partial charge in [0.05, 0.1) is 11.5 Å². The zero-order valence-corrected chi connectivity index (χ0v) is 16.6. The lowest BCUT2D eigenvalue weighted by atomic mass is 9.75. The van der Waals surface area contributed by atoms with Crippen LogP contribution < -0.4 is 0 Å². The number of fused-ring (bicyclic) bond motifs is 2. The van der Waals surface area contributed by atoms with Crippen LogP contribution in [-0.4, -0.2) is 76.8 Å². The highest BCUT2D eigenvalue weighted by molar-refractivity contribution is 5.94. The molecule has 0 radical (unpaired) electrons. The molecule has 0 saturated carbocycles. The van der Waals surface area contributed by atoms with Crippen LogP contribution in [0.4, 0.5) is 0 Å². The Morgan fingerprint density at radius 2 is 1.89 bits per heavy atom. The molecule has 0 bridgehead atoms. The molecule has 4 rings (SSSR count). The van der Waals surface area contributed by atoms with Crippen molar-refractivity contribution in [3.8, 4) is 0 Å². The first kappa shape index (κ1) is 18.4. The lowest BCUT2D eigenvalue weighted by Crippen LogP contribution is -2.56. The average molecular weight is 370 g/mol. The van der Waals surface area contributed by atoms with Gasteiger partial charge in [-0.2, -0.15) is 0 Å². The van der Waals surface area contributed by atoms with E-state index in [1.165, 1.54) is 0 Å². The molecular formula is C21H30N4O2. The summed E-state index contributed by atoms with van der Waals surface area (Å²) in [7, 11) is 1.98. The predicted octanol–water partition coefficient (Wildman–Crippen LogP) is 1.73. The number of likely N-dealkylation sites (tertiary alicyclic amines) is 3. The SMILES string of the molecule is CC(C)CN1C[C@@H]2C(=O)N(C)C3(CCN(C(=O)c4ccncc4)CC3)[C@@H]2C1. The largest absolute Gasteiger partial charge is 0.339 e. The molecule has 1 spiro atoms. The summed E-state index contributed by atoms with van der Waals surface area (Å²) in [5, 5.41) is 0. The number of pyridine rings is 1. The molecule has 3 aliphatic rings. The van der Waals surface area contributed by atoms with Gasteiger partial charge < -0.3 is 14.7 Å². The predicted molar refractivity (Wildman–Crippen MR) is 103 cm³/mol. The van der Waals surface area contributed by atoms with Gasteiger partial charge in [0.15, 0.2) is 0 Å². The number of amides is 2. The first-order valence-electron chi connectivity index (χ1n) is 10.1. The Labute approximate surface area is 161 Å². The van der Waals surface area contributed by atoms with Gasteiger partial charge in [0.2, 0.25) is 5.91 Å². The molecule has 1 aromatic heterocycles. The van der Waals surface area contributed by atoms with Gasteiger partial charge in [-0.25, -0.2) is 0 Å². The van der Waals surface area contributed by atoms with E-state index >= 15 is 0 Å². The van der Waals surface area contributed by atoms with Gasteiger partial charge in [0.1, 0.15) is 0 Å². The van der Waals surface area contributed by atoms with Gasteiger partial charge in [-0.1, -0.05) is 13.8 Å². The Bertz CT molecular complexity index is 712.